The Balaban J connectivity index is 1.46. The van der Waals surface area contributed by atoms with Crippen molar-refractivity contribution in [2.24, 2.45) is 5.10 Å². The fourth-order valence-corrected chi connectivity index (χ4v) is 4.21. The molecule has 0 aliphatic carbocycles. The summed E-state index contributed by atoms with van der Waals surface area (Å²) in [6, 6.07) is 27.7. The van der Waals surface area contributed by atoms with E-state index in [9.17, 15) is 4.79 Å². The highest BCUT2D eigenvalue weighted by Crippen LogP contribution is 2.37. The molecule has 0 bridgehead atoms. The van der Waals surface area contributed by atoms with Crippen molar-refractivity contribution in [3.8, 4) is 11.5 Å². The highest BCUT2D eigenvalue weighted by molar-refractivity contribution is 9.10. The SMILES string of the molecule is CCOc1cc(/C=N/NC(=O)Cc2ccccc2)cc(Br)c1OCc1cccc2ccccc12. The van der Waals surface area contributed by atoms with Crippen LogP contribution in [0.25, 0.3) is 10.8 Å². The minimum Gasteiger partial charge on any atom is -0.490 e. The smallest absolute Gasteiger partial charge is 0.244 e. The van der Waals surface area contributed by atoms with Gasteiger partial charge in [0, 0.05) is 0 Å². The highest BCUT2D eigenvalue weighted by atomic mass is 79.9. The zero-order valence-electron chi connectivity index (χ0n) is 18.8. The third-order valence-electron chi connectivity index (χ3n) is 5.19. The van der Waals surface area contributed by atoms with Crippen molar-refractivity contribution in [1.29, 1.82) is 0 Å². The first-order valence-electron chi connectivity index (χ1n) is 11.1. The third-order valence-corrected chi connectivity index (χ3v) is 5.78. The van der Waals surface area contributed by atoms with Crippen LogP contribution < -0.4 is 14.9 Å². The Morgan fingerprint density at radius 3 is 2.56 bits per heavy atom. The minimum absolute atomic E-state index is 0.179. The van der Waals surface area contributed by atoms with Gasteiger partial charge in [0.15, 0.2) is 11.5 Å². The summed E-state index contributed by atoms with van der Waals surface area (Å²) in [5.41, 5.74) is 5.37. The number of carbonyl (C=O) groups is 1. The van der Waals surface area contributed by atoms with E-state index in [2.05, 4.69) is 50.7 Å². The van der Waals surface area contributed by atoms with Crippen molar-refractivity contribution in [2.45, 2.75) is 20.0 Å². The van der Waals surface area contributed by atoms with Crippen molar-refractivity contribution in [3.05, 3.63) is 106 Å². The summed E-state index contributed by atoms with van der Waals surface area (Å²) in [4.78, 5) is 12.1. The predicted octanol–water partition coefficient (Wildman–Crippen LogP) is 6.27. The first-order valence-corrected chi connectivity index (χ1v) is 11.8. The number of halogens is 1. The van der Waals surface area contributed by atoms with Gasteiger partial charge in [-0.15, -0.1) is 0 Å². The van der Waals surface area contributed by atoms with Gasteiger partial charge in [0.1, 0.15) is 6.61 Å². The molecule has 0 fully saturated rings. The molecule has 0 saturated carbocycles. The van der Waals surface area contributed by atoms with Crippen LogP contribution in [0.1, 0.15) is 23.6 Å². The van der Waals surface area contributed by atoms with Gasteiger partial charge in [0.05, 0.1) is 23.7 Å². The lowest BCUT2D eigenvalue weighted by Crippen LogP contribution is -2.19. The Kier molecular flexibility index (Phi) is 7.94. The average molecular weight is 517 g/mol. The van der Waals surface area contributed by atoms with Gasteiger partial charge in [-0.05, 0) is 62.4 Å². The van der Waals surface area contributed by atoms with Crippen molar-refractivity contribution in [2.75, 3.05) is 6.61 Å². The van der Waals surface area contributed by atoms with E-state index in [-0.39, 0.29) is 12.3 Å². The fourth-order valence-electron chi connectivity index (χ4n) is 3.63. The van der Waals surface area contributed by atoms with Gasteiger partial charge in [-0.3, -0.25) is 4.79 Å². The topological polar surface area (TPSA) is 59.9 Å². The Hall–Kier alpha value is -3.64. The van der Waals surface area contributed by atoms with Gasteiger partial charge in [0.2, 0.25) is 5.91 Å². The number of fused-ring (bicyclic) bond motifs is 1. The molecule has 0 radical (unpaired) electrons. The summed E-state index contributed by atoms with van der Waals surface area (Å²) in [6.45, 7) is 2.82. The number of rotatable bonds is 9. The molecule has 172 valence electrons. The molecule has 1 N–H and O–H groups in total. The molecule has 0 aliphatic heterocycles. The molecule has 34 heavy (non-hydrogen) atoms. The van der Waals surface area contributed by atoms with E-state index in [0.717, 1.165) is 26.5 Å². The molecule has 0 spiro atoms. The Morgan fingerprint density at radius 1 is 0.971 bits per heavy atom. The van der Waals surface area contributed by atoms with Crippen LogP contribution in [0.4, 0.5) is 0 Å². The molecule has 0 unspecified atom stereocenters. The largest absolute Gasteiger partial charge is 0.490 e. The van der Waals surface area contributed by atoms with Crippen molar-refractivity contribution in [1.82, 2.24) is 5.43 Å². The van der Waals surface area contributed by atoms with E-state index < -0.39 is 0 Å². The fraction of sp³-hybridized carbons (Fsp3) is 0.143. The summed E-state index contributed by atoms with van der Waals surface area (Å²) in [5.74, 6) is 1.05. The quantitative estimate of drug-likeness (QED) is 0.210. The lowest BCUT2D eigenvalue weighted by Gasteiger charge is -2.15. The molecular formula is C28H25BrN2O3. The number of hydrazone groups is 1. The number of carbonyl (C=O) groups excluding carboxylic acids is 1. The van der Waals surface area contributed by atoms with Crippen LogP contribution in [-0.4, -0.2) is 18.7 Å². The van der Waals surface area contributed by atoms with Crippen LogP contribution in [0.5, 0.6) is 11.5 Å². The zero-order valence-corrected chi connectivity index (χ0v) is 20.4. The second-order valence-electron chi connectivity index (χ2n) is 7.65. The molecule has 0 saturated heterocycles. The number of hydrogen-bond acceptors (Lipinski definition) is 4. The van der Waals surface area contributed by atoms with Crippen LogP contribution in [0.2, 0.25) is 0 Å². The molecule has 4 aromatic carbocycles. The Bertz CT molecular complexity index is 1300. The van der Waals surface area contributed by atoms with Gasteiger partial charge in [-0.25, -0.2) is 5.43 Å². The average Bonchev–Trinajstić information content (AvgIpc) is 2.84. The van der Waals surface area contributed by atoms with Gasteiger partial charge in [0.25, 0.3) is 0 Å². The van der Waals surface area contributed by atoms with Crippen molar-refractivity contribution < 1.29 is 14.3 Å². The molecule has 0 aromatic heterocycles. The van der Waals surface area contributed by atoms with Gasteiger partial charge in [-0.2, -0.15) is 5.10 Å². The van der Waals surface area contributed by atoms with E-state index in [1.807, 2.05) is 67.6 Å². The first-order chi connectivity index (χ1) is 16.6. The third kappa shape index (κ3) is 6.02. The van der Waals surface area contributed by atoms with E-state index >= 15 is 0 Å². The Labute approximate surface area is 207 Å². The number of benzene rings is 4. The molecule has 5 nitrogen and oxygen atoms in total. The summed E-state index contributed by atoms with van der Waals surface area (Å²) in [6.07, 6.45) is 1.86. The van der Waals surface area contributed by atoms with Crippen LogP contribution in [0.15, 0.2) is 94.5 Å². The maximum absolute atomic E-state index is 12.1. The van der Waals surface area contributed by atoms with Crippen LogP contribution in [-0.2, 0) is 17.8 Å². The number of hydrogen-bond donors (Lipinski definition) is 1. The molecule has 6 heteroatoms. The summed E-state index contributed by atoms with van der Waals surface area (Å²) in [7, 11) is 0. The van der Waals surface area contributed by atoms with Gasteiger partial charge in [-0.1, -0.05) is 72.8 Å². The lowest BCUT2D eigenvalue weighted by molar-refractivity contribution is -0.120. The summed E-state index contributed by atoms with van der Waals surface area (Å²) < 4.78 is 12.8. The van der Waals surface area contributed by atoms with E-state index in [1.54, 1.807) is 6.21 Å². The van der Waals surface area contributed by atoms with Crippen molar-refractivity contribution >= 4 is 38.8 Å². The van der Waals surface area contributed by atoms with E-state index in [4.69, 9.17) is 9.47 Å². The van der Waals surface area contributed by atoms with Crippen molar-refractivity contribution in [3.63, 3.8) is 0 Å². The number of nitrogens with one attached hydrogen (secondary N) is 1. The maximum Gasteiger partial charge on any atom is 0.244 e. The maximum atomic E-state index is 12.1. The minimum atomic E-state index is -0.179. The molecule has 1 amide bonds. The molecular weight excluding hydrogens is 492 g/mol. The standard InChI is InChI=1S/C28H25BrN2O3/c1-2-33-26-16-21(18-30-31-27(32)17-20-9-4-3-5-10-20)15-25(29)28(26)34-19-23-13-8-12-22-11-6-7-14-24(22)23/h3-16,18H,2,17,19H2,1H3,(H,31,32)/b30-18+. The number of nitrogens with zero attached hydrogens (tertiary/aromatic N) is 1. The van der Waals surface area contributed by atoms with Crippen LogP contribution >= 0.6 is 15.9 Å². The molecule has 0 atom stereocenters. The molecule has 4 rings (SSSR count). The highest BCUT2D eigenvalue weighted by Gasteiger charge is 2.13. The van der Waals surface area contributed by atoms with Crippen LogP contribution in [0, 0.1) is 0 Å². The number of amides is 1. The first kappa shape index (κ1) is 23.5. The normalized spacial score (nSPS) is 11.0. The van der Waals surface area contributed by atoms with E-state index in [1.165, 1.54) is 5.39 Å². The van der Waals surface area contributed by atoms with E-state index in [0.29, 0.717) is 24.7 Å². The Morgan fingerprint density at radius 2 is 1.74 bits per heavy atom. The van der Waals surface area contributed by atoms with Gasteiger partial charge >= 0.3 is 0 Å². The lowest BCUT2D eigenvalue weighted by atomic mass is 10.1. The van der Waals surface area contributed by atoms with Crippen LogP contribution in [0.3, 0.4) is 0 Å². The monoisotopic (exact) mass is 516 g/mol. The zero-order chi connectivity index (χ0) is 23.8. The molecule has 0 heterocycles. The molecule has 0 aliphatic rings. The molecule has 4 aromatic rings. The second-order valence-corrected chi connectivity index (χ2v) is 8.50. The summed E-state index contributed by atoms with van der Waals surface area (Å²) >= 11 is 3.60. The summed E-state index contributed by atoms with van der Waals surface area (Å²) in [5, 5.41) is 6.43. The number of ether oxygens (including phenoxy) is 2. The second kappa shape index (κ2) is 11.5. The van der Waals surface area contributed by atoms with Gasteiger partial charge < -0.3 is 9.47 Å². The predicted molar refractivity (Wildman–Crippen MR) is 139 cm³/mol.